The van der Waals surface area contributed by atoms with Gasteiger partial charge in [-0.05, 0) is 18.9 Å². The number of nitrogens with one attached hydrogen (secondary N) is 1. The highest BCUT2D eigenvalue weighted by Crippen LogP contribution is 2.37. The predicted octanol–water partition coefficient (Wildman–Crippen LogP) is 1.12. The third-order valence-electron chi connectivity index (χ3n) is 5.19. The first-order valence-electron chi connectivity index (χ1n) is 9.31. The number of ether oxygens (including phenoxy) is 1. The first-order chi connectivity index (χ1) is 14.3. The van der Waals surface area contributed by atoms with Gasteiger partial charge in [-0.1, -0.05) is 12.8 Å². The van der Waals surface area contributed by atoms with E-state index in [1.165, 1.54) is 6.07 Å². The van der Waals surface area contributed by atoms with Gasteiger partial charge in [0.15, 0.2) is 6.61 Å². The maximum Gasteiger partial charge on any atom is 0.326 e. The summed E-state index contributed by atoms with van der Waals surface area (Å²) < 4.78 is 4.84. The van der Waals surface area contributed by atoms with Crippen LogP contribution in [0, 0.1) is 33.3 Å². The molecule has 2 fully saturated rings. The molecular weight excluding hydrogens is 396 g/mol. The number of carbonyl (C=O) groups is 4. The molecule has 2 aliphatic rings. The number of fused-ring (bicyclic) bond motifs is 1. The Morgan fingerprint density at radius 3 is 2.43 bits per heavy atom. The Morgan fingerprint density at radius 1 is 1.23 bits per heavy atom. The van der Waals surface area contributed by atoms with Crippen LogP contribution >= 0.6 is 0 Å². The number of nitriles is 1. The van der Waals surface area contributed by atoms with Crippen LogP contribution in [0.3, 0.4) is 0 Å². The van der Waals surface area contributed by atoms with Gasteiger partial charge in [0, 0.05) is 12.1 Å². The lowest BCUT2D eigenvalue weighted by atomic mass is 9.81. The monoisotopic (exact) mass is 414 g/mol. The Labute approximate surface area is 170 Å². The highest BCUT2D eigenvalue weighted by Gasteiger charge is 2.48. The molecule has 1 N–H and O–H groups in total. The summed E-state index contributed by atoms with van der Waals surface area (Å²) in [7, 11) is 0. The summed E-state index contributed by atoms with van der Waals surface area (Å²) in [5.74, 6) is -3.20. The molecule has 30 heavy (non-hydrogen) atoms. The fraction of sp³-hybridized carbons (Fsp3) is 0.421. The van der Waals surface area contributed by atoms with Gasteiger partial charge in [-0.15, -0.1) is 0 Å². The Bertz CT molecular complexity index is 944. The second kappa shape index (κ2) is 8.69. The molecular formula is C19H18N4O7. The smallest absolute Gasteiger partial charge is 0.326 e. The van der Waals surface area contributed by atoms with Crippen LogP contribution in [0.5, 0.6) is 0 Å². The number of amides is 3. The molecule has 11 heteroatoms. The molecule has 3 amide bonds. The molecule has 0 unspecified atom stereocenters. The van der Waals surface area contributed by atoms with E-state index in [2.05, 4.69) is 5.32 Å². The van der Waals surface area contributed by atoms with Gasteiger partial charge in [0.1, 0.15) is 12.6 Å². The maximum atomic E-state index is 12.4. The van der Waals surface area contributed by atoms with Crippen LogP contribution in [0.25, 0.3) is 0 Å². The van der Waals surface area contributed by atoms with Crippen LogP contribution in [0.2, 0.25) is 0 Å². The average molecular weight is 414 g/mol. The van der Waals surface area contributed by atoms with E-state index in [-0.39, 0.29) is 40.6 Å². The van der Waals surface area contributed by atoms with Crippen molar-refractivity contribution in [3.63, 3.8) is 0 Å². The summed E-state index contributed by atoms with van der Waals surface area (Å²) in [4.78, 5) is 59.7. The first-order valence-corrected chi connectivity index (χ1v) is 9.31. The van der Waals surface area contributed by atoms with Gasteiger partial charge in [0.25, 0.3) is 11.6 Å². The molecule has 3 rings (SSSR count). The number of nitro groups is 1. The van der Waals surface area contributed by atoms with Crippen molar-refractivity contribution in [3.8, 4) is 6.07 Å². The number of nitrogens with zero attached hydrogens (tertiary/aromatic N) is 3. The lowest BCUT2D eigenvalue weighted by Crippen LogP contribution is -2.37. The molecule has 0 aromatic heterocycles. The first kappa shape index (κ1) is 20.9. The number of carbonyl (C=O) groups excluding carboxylic acids is 4. The molecule has 1 aliphatic heterocycles. The van der Waals surface area contributed by atoms with Gasteiger partial charge in [0.05, 0.1) is 28.0 Å². The molecule has 1 aromatic carbocycles. The Kier molecular flexibility index (Phi) is 6.06. The van der Waals surface area contributed by atoms with E-state index in [0.29, 0.717) is 12.8 Å². The summed E-state index contributed by atoms with van der Waals surface area (Å²) in [6, 6.07) is 5.05. The number of hydrogen-bond acceptors (Lipinski definition) is 8. The third-order valence-corrected chi connectivity index (χ3v) is 5.19. The van der Waals surface area contributed by atoms with Crippen LogP contribution in [-0.4, -0.2) is 46.7 Å². The maximum absolute atomic E-state index is 12.4. The van der Waals surface area contributed by atoms with Crippen molar-refractivity contribution in [2.45, 2.75) is 25.7 Å². The van der Waals surface area contributed by atoms with Crippen molar-refractivity contribution in [3.05, 3.63) is 33.9 Å². The van der Waals surface area contributed by atoms with Gasteiger partial charge in [-0.3, -0.25) is 34.2 Å². The van der Waals surface area contributed by atoms with E-state index in [9.17, 15) is 29.3 Å². The van der Waals surface area contributed by atoms with Crippen molar-refractivity contribution in [2.75, 3.05) is 18.5 Å². The van der Waals surface area contributed by atoms with Crippen molar-refractivity contribution >= 4 is 35.1 Å². The standard InChI is InChI=1S/C19H18N4O7/c20-8-11-7-12(23(28)29)5-6-15(11)21-16(24)10-30-17(25)9-22-18(26)13-3-1-2-4-14(13)19(22)27/h5-7,13-14H,1-4,9-10H2,(H,21,24)/t13-,14-/m1/s1. The molecule has 1 heterocycles. The van der Waals surface area contributed by atoms with E-state index in [0.717, 1.165) is 29.9 Å². The normalized spacial score (nSPS) is 20.3. The average Bonchev–Trinajstić information content (AvgIpc) is 2.97. The molecule has 1 aliphatic carbocycles. The molecule has 156 valence electrons. The summed E-state index contributed by atoms with van der Waals surface area (Å²) >= 11 is 0. The van der Waals surface area contributed by atoms with Crippen molar-refractivity contribution in [1.82, 2.24) is 4.90 Å². The minimum Gasteiger partial charge on any atom is -0.454 e. The predicted molar refractivity (Wildman–Crippen MR) is 99.6 cm³/mol. The second-order valence-corrected chi connectivity index (χ2v) is 7.07. The lowest BCUT2D eigenvalue weighted by molar-refractivity contribution is -0.384. The van der Waals surface area contributed by atoms with E-state index in [4.69, 9.17) is 10.00 Å². The third kappa shape index (κ3) is 4.27. The van der Waals surface area contributed by atoms with Crippen LogP contribution in [0.1, 0.15) is 31.2 Å². The Hall–Kier alpha value is -3.81. The zero-order chi connectivity index (χ0) is 21.8. The lowest BCUT2D eigenvalue weighted by Gasteiger charge is -2.19. The zero-order valence-corrected chi connectivity index (χ0v) is 15.8. The van der Waals surface area contributed by atoms with E-state index in [1.807, 2.05) is 0 Å². The summed E-state index contributed by atoms with van der Waals surface area (Å²) in [5.41, 5.74) is -0.408. The summed E-state index contributed by atoms with van der Waals surface area (Å²) in [6.45, 7) is -1.26. The zero-order valence-electron chi connectivity index (χ0n) is 15.8. The van der Waals surface area contributed by atoms with Gasteiger partial charge in [-0.2, -0.15) is 5.26 Å². The fourth-order valence-corrected chi connectivity index (χ4v) is 3.74. The molecule has 1 saturated heterocycles. The van der Waals surface area contributed by atoms with E-state index >= 15 is 0 Å². The Balaban J connectivity index is 1.53. The minimum absolute atomic E-state index is 0.0260. The molecule has 1 saturated carbocycles. The van der Waals surface area contributed by atoms with Crippen LogP contribution in [0.15, 0.2) is 18.2 Å². The molecule has 0 bridgehead atoms. The second-order valence-electron chi connectivity index (χ2n) is 7.07. The van der Waals surface area contributed by atoms with Crippen molar-refractivity contribution in [2.24, 2.45) is 11.8 Å². The van der Waals surface area contributed by atoms with Crippen molar-refractivity contribution < 1.29 is 28.8 Å². The SMILES string of the molecule is N#Cc1cc([N+](=O)[O-])ccc1NC(=O)COC(=O)CN1C(=O)[C@@H]2CCCC[C@H]2C1=O. The number of likely N-dealkylation sites (tertiary alicyclic amines) is 1. The van der Waals surface area contributed by atoms with Crippen LogP contribution < -0.4 is 5.32 Å². The van der Waals surface area contributed by atoms with Crippen LogP contribution in [-0.2, 0) is 23.9 Å². The molecule has 0 spiro atoms. The van der Waals surface area contributed by atoms with E-state index < -0.39 is 30.0 Å². The van der Waals surface area contributed by atoms with Gasteiger partial charge in [-0.25, -0.2) is 0 Å². The molecule has 1 aromatic rings. The number of nitro benzene ring substituents is 1. The number of rotatable bonds is 6. The number of non-ortho nitro benzene ring substituents is 1. The molecule has 0 radical (unpaired) electrons. The fourth-order valence-electron chi connectivity index (χ4n) is 3.74. The number of benzene rings is 1. The van der Waals surface area contributed by atoms with E-state index in [1.54, 1.807) is 6.07 Å². The largest absolute Gasteiger partial charge is 0.454 e. The quantitative estimate of drug-likeness (QED) is 0.314. The minimum atomic E-state index is -0.908. The number of esters is 1. The highest BCUT2D eigenvalue weighted by atomic mass is 16.6. The summed E-state index contributed by atoms with van der Waals surface area (Å²) in [6.07, 6.45) is 2.98. The van der Waals surface area contributed by atoms with Gasteiger partial charge in [0.2, 0.25) is 11.8 Å². The number of anilines is 1. The van der Waals surface area contributed by atoms with Crippen molar-refractivity contribution in [1.29, 1.82) is 5.26 Å². The number of imide groups is 1. The van der Waals surface area contributed by atoms with Gasteiger partial charge >= 0.3 is 5.97 Å². The topological polar surface area (TPSA) is 160 Å². The Morgan fingerprint density at radius 2 is 1.87 bits per heavy atom. The van der Waals surface area contributed by atoms with Crippen LogP contribution in [0.4, 0.5) is 11.4 Å². The molecule has 2 atom stereocenters. The molecule has 11 nitrogen and oxygen atoms in total. The highest BCUT2D eigenvalue weighted by molar-refractivity contribution is 6.07. The summed E-state index contributed by atoms with van der Waals surface area (Å²) in [5, 5.41) is 22.2. The van der Waals surface area contributed by atoms with Gasteiger partial charge < -0.3 is 10.1 Å². The number of hydrogen-bond donors (Lipinski definition) is 1.